The highest BCUT2D eigenvalue weighted by Gasteiger charge is 2.37. The normalized spacial score (nSPS) is 13.2. The number of hydrogen-bond donors (Lipinski definition) is 1. The topological polar surface area (TPSA) is 89.2 Å². The highest BCUT2D eigenvalue weighted by molar-refractivity contribution is 6.74. The number of ether oxygens (including phenoxy) is 1. The second-order valence-electron chi connectivity index (χ2n) is 13.0. The minimum Gasteiger partial charge on any atom is -0.494 e. The van der Waals surface area contributed by atoms with Crippen LogP contribution in [0.3, 0.4) is 0 Å². The highest BCUT2D eigenvalue weighted by atomic mass is 28.4. The number of fused-ring (bicyclic) bond motifs is 2. The van der Waals surface area contributed by atoms with Gasteiger partial charge in [-0.25, -0.2) is 4.98 Å². The van der Waals surface area contributed by atoms with Crippen molar-refractivity contribution >= 4 is 36.0 Å². The van der Waals surface area contributed by atoms with Crippen LogP contribution in [0.25, 0.3) is 21.8 Å². The Morgan fingerprint density at radius 2 is 1.86 bits per heavy atom. The largest absolute Gasteiger partial charge is 0.494 e. The Hall–Kier alpha value is -3.82. The Morgan fingerprint density at radius 1 is 1.07 bits per heavy atom. The van der Waals surface area contributed by atoms with E-state index >= 15 is 0 Å². The van der Waals surface area contributed by atoms with Crippen LogP contribution in [0.5, 0.6) is 5.75 Å². The van der Waals surface area contributed by atoms with E-state index in [0.717, 1.165) is 37.1 Å². The number of carbonyl (C=O) groups excluding carboxylic acids is 1. The predicted molar refractivity (Wildman–Crippen MR) is 176 cm³/mol. The van der Waals surface area contributed by atoms with Gasteiger partial charge >= 0.3 is 0 Å². The van der Waals surface area contributed by atoms with Gasteiger partial charge in [0.15, 0.2) is 8.32 Å². The first-order chi connectivity index (χ1) is 20.4. The zero-order valence-electron chi connectivity index (χ0n) is 26.3. The van der Waals surface area contributed by atoms with Crippen molar-refractivity contribution in [3.05, 3.63) is 84.7 Å². The van der Waals surface area contributed by atoms with Crippen molar-refractivity contribution < 1.29 is 14.0 Å². The molecule has 228 valence electrons. The zero-order chi connectivity index (χ0) is 30.8. The molecule has 1 amide bonds. The molecule has 3 heterocycles. The number of benzene rings is 2. The number of nitrogens with zero attached hydrogens (tertiary/aromatic N) is 4. The van der Waals surface area contributed by atoms with Crippen LogP contribution in [0.2, 0.25) is 18.1 Å². The van der Waals surface area contributed by atoms with Crippen LogP contribution in [0.1, 0.15) is 55.7 Å². The van der Waals surface area contributed by atoms with Gasteiger partial charge in [-0.05, 0) is 72.6 Å². The Kier molecular flexibility index (Phi) is 8.85. The molecule has 0 radical (unpaired) electrons. The van der Waals surface area contributed by atoms with E-state index in [1.54, 1.807) is 12.5 Å². The lowest BCUT2D eigenvalue weighted by Gasteiger charge is -2.37. The van der Waals surface area contributed by atoms with Crippen LogP contribution in [0.4, 0.5) is 0 Å². The molecule has 5 aromatic rings. The molecule has 1 unspecified atom stereocenters. The fourth-order valence-electron chi connectivity index (χ4n) is 5.32. The average Bonchev–Trinajstić information content (AvgIpc) is 3.69. The van der Waals surface area contributed by atoms with E-state index < -0.39 is 14.2 Å². The van der Waals surface area contributed by atoms with Crippen LogP contribution in [0.15, 0.2) is 73.4 Å². The number of para-hydroxylation sites is 1. The lowest BCUT2D eigenvalue weighted by atomic mass is 10.1. The summed E-state index contributed by atoms with van der Waals surface area (Å²) in [4.78, 5) is 16.0. The van der Waals surface area contributed by atoms with Crippen molar-refractivity contribution in [3.8, 4) is 5.75 Å². The second kappa shape index (κ2) is 12.4. The molecule has 0 aliphatic heterocycles. The summed E-state index contributed by atoms with van der Waals surface area (Å²) >= 11 is 0. The van der Waals surface area contributed by atoms with E-state index in [2.05, 4.69) is 116 Å². The number of hydrogen-bond acceptors (Lipinski definition) is 4. The first-order valence-electron chi connectivity index (χ1n) is 15.1. The van der Waals surface area contributed by atoms with Crippen LogP contribution >= 0.6 is 0 Å². The zero-order valence-corrected chi connectivity index (χ0v) is 27.3. The van der Waals surface area contributed by atoms with Crippen molar-refractivity contribution in [3.63, 3.8) is 0 Å². The summed E-state index contributed by atoms with van der Waals surface area (Å²) in [5, 5.41) is 2.60. The van der Waals surface area contributed by atoms with Gasteiger partial charge < -0.3 is 28.6 Å². The molecule has 1 atom stereocenters. The van der Waals surface area contributed by atoms with Crippen LogP contribution in [-0.4, -0.2) is 46.1 Å². The standard InChI is InChI=1S/C34H45N5O3Si/c1-34(2,3)43(5,6)42-23-27(39-22-30(33(35)40)36-24-39)16-18-38-17-15-25-13-14-28(20-32(25)38)41-19-9-10-26-21-37(4)31-12-8-7-11-29(26)31/h7-8,11-15,17,20-22,24,27H,9-10,16,18-19,23H2,1-6H3,(H2,35,40). The van der Waals surface area contributed by atoms with E-state index in [1.807, 2.05) is 4.57 Å². The quantitative estimate of drug-likeness (QED) is 0.116. The molecule has 0 aliphatic rings. The lowest BCUT2D eigenvalue weighted by Crippen LogP contribution is -2.42. The fourth-order valence-corrected chi connectivity index (χ4v) is 6.36. The number of primary amides is 1. The summed E-state index contributed by atoms with van der Waals surface area (Å²) in [6, 6.07) is 17.0. The summed E-state index contributed by atoms with van der Waals surface area (Å²) in [5.74, 6) is 0.354. The second-order valence-corrected chi connectivity index (χ2v) is 17.9. The fraction of sp³-hybridized carbons (Fsp3) is 0.412. The average molecular weight is 600 g/mol. The van der Waals surface area contributed by atoms with Gasteiger partial charge in [-0.15, -0.1) is 0 Å². The van der Waals surface area contributed by atoms with Crippen LogP contribution in [0, 0.1) is 0 Å². The summed E-state index contributed by atoms with van der Waals surface area (Å²) in [6.45, 7) is 13.2. The molecule has 0 spiro atoms. The maximum Gasteiger partial charge on any atom is 0.268 e. The third kappa shape index (κ3) is 6.89. The number of aryl methyl sites for hydroxylation is 3. The molecule has 8 nitrogen and oxygen atoms in total. The molecule has 0 fully saturated rings. The first kappa shape index (κ1) is 30.6. The van der Waals surface area contributed by atoms with Gasteiger partial charge in [-0.1, -0.05) is 39.0 Å². The van der Waals surface area contributed by atoms with Gasteiger partial charge in [0.25, 0.3) is 5.91 Å². The smallest absolute Gasteiger partial charge is 0.268 e. The molecular weight excluding hydrogens is 554 g/mol. The van der Waals surface area contributed by atoms with Crippen molar-refractivity contribution in [2.75, 3.05) is 13.2 Å². The van der Waals surface area contributed by atoms with E-state index in [9.17, 15) is 4.79 Å². The number of nitrogens with two attached hydrogens (primary N) is 1. The SMILES string of the molecule is Cn1cc(CCCOc2ccc3ccn(CCC(CO[Si](C)(C)C(C)(C)C)n4cnc(C(N)=O)c4)c3c2)c2ccccc21. The molecule has 5 rings (SSSR count). The minimum atomic E-state index is -1.96. The van der Waals surface area contributed by atoms with E-state index in [1.165, 1.54) is 21.9 Å². The van der Waals surface area contributed by atoms with Crippen LogP contribution in [-0.2, 0) is 24.4 Å². The van der Waals surface area contributed by atoms with Crippen molar-refractivity contribution in [2.24, 2.45) is 12.8 Å². The molecule has 9 heteroatoms. The molecular formula is C34H45N5O3Si. The number of rotatable bonds is 13. The third-order valence-corrected chi connectivity index (χ3v) is 13.5. The number of imidazole rings is 1. The highest BCUT2D eigenvalue weighted by Crippen LogP contribution is 2.37. The molecule has 0 saturated carbocycles. The maximum absolute atomic E-state index is 11.7. The van der Waals surface area contributed by atoms with Crippen molar-refractivity contribution in [1.82, 2.24) is 18.7 Å². The van der Waals surface area contributed by atoms with Gasteiger partial charge in [-0.2, -0.15) is 0 Å². The van der Waals surface area contributed by atoms with E-state index in [4.69, 9.17) is 14.9 Å². The molecule has 2 aromatic carbocycles. The number of amides is 1. The Bertz CT molecular complexity index is 1710. The Labute approximate surface area is 255 Å². The van der Waals surface area contributed by atoms with Gasteiger partial charge in [-0.3, -0.25) is 4.79 Å². The molecule has 43 heavy (non-hydrogen) atoms. The summed E-state index contributed by atoms with van der Waals surface area (Å²) in [6.07, 6.45) is 10.5. The van der Waals surface area contributed by atoms with Gasteiger partial charge in [0.05, 0.1) is 31.1 Å². The summed E-state index contributed by atoms with van der Waals surface area (Å²) in [7, 11) is 0.139. The molecule has 0 bridgehead atoms. The lowest BCUT2D eigenvalue weighted by molar-refractivity contribution is 0.0995. The van der Waals surface area contributed by atoms with Crippen molar-refractivity contribution in [1.29, 1.82) is 0 Å². The minimum absolute atomic E-state index is 0.0145. The Balaban J connectivity index is 1.24. The monoisotopic (exact) mass is 599 g/mol. The van der Waals surface area contributed by atoms with Gasteiger partial charge in [0.2, 0.25) is 0 Å². The molecule has 2 N–H and O–H groups in total. The van der Waals surface area contributed by atoms with Crippen LogP contribution < -0.4 is 10.5 Å². The van der Waals surface area contributed by atoms with E-state index in [-0.39, 0.29) is 16.8 Å². The summed E-state index contributed by atoms with van der Waals surface area (Å²) in [5.41, 5.74) is 9.53. The first-order valence-corrected chi connectivity index (χ1v) is 18.1. The molecule has 3 aromatic heterocycles. The summed E-state index contributed by atoms with van der Waals surface area (Å²) < 4.78 is 19.3. The Morgan fingerprint density at radius 3 is 2.60 bits per heavy atom. The number of aromatic nitrogens is 4. The predicted octanol–water partition coefficient (Wildman–Crippen LogP) is 7.09. The van der Waals surface area contributed by atoms with Crippen molar-refractivity contribution in [2.45, 2.75) is 70.8 Å². The molecule has 0 aliphatic carbocycles. The van der Waals surface area contributed by atoms with Gasteiger partial charge in [0.1, 0.15) is 11.4 Å². The third-order valence-electron chi connectivity index (χ3n) is 9.01. The van der Waals surface area contributed by atoms with Gasteiger partial charge in [0, 0.05) is 49.2 Å². The van der Waals surface area contributed by atoms with E-state index in [0.29, 0.717) is 13.2 Å². The number of carbonyl (C=O) groups is 1. The maximum atomic E-state index is 11.7. The molecule has 0 saturated heterocycles.